The number of hydrogen-bond acceptors (Lipinski definition) is 6. The maximum Gasteiger partial charge on any atom is 0.260 e. The third-order valence-corrected chi connectivity index (χ3v) is 5.87. The summed E-state index contributed by atoms with van der Waals surface area (Å²) < 4.78 is 7.28. The van der Waals surface area contributed by atoms with Crippen molar-refractivity contribution in [1.82, 2.24) is 19.4 Å². The van der Waals surface area contributed by atoms with Crippen LogP contribution in [-0.4, -0.2) is 38.3 Å². The molecule has 4 rings (SSSR count). The van der Waals surface area contributed by atoms with E-state index in [-0.39, 0.29) is 18.2 Å². The first kappa shape index (κ1) is 20.8. The van der Waals surface area contributed by atoms with Gasteiger partial charge in [0, 0.05) is 19.0 Å². The summed E-state index contributed by atoms with van der Waals surface area (Å²) in [6.07, 6.45) is 1.62. The van der Waals surface area contributed by atoms with Crippen molar-refractivity contribution in [3.63, 3.8) is 0 Å². The lowest BCUT2D eigenvalue weighted by atomic mass is 10.2. The van der Waals surface area contributed by atoms with Crippen LogP contribution < -0.4 is 5.32 Å². The van der Waals surface area contributed by atoms with Crippen LogP contribution in [0.2, 0.25) is 0 Å². The number of amides is 2. The molecule has 9 heteroatoms. The molecule has 2 amide bonds. The second-order valence-corrected chi connectivity index (χ2v) is 8.03. The fourth-order valence-electron chi connectivity index (χ4n) is 3.42. The van der Waals surface area contributed by atoms with Gasteiger partial charge in [-0.15, -0.1) is 11.3 Å². The standard InChI is InChI=1S/C22H23N5O3S/c1-4-27-18-8-6-5-7-17(18)24-19(27)12-26(3)20(28)11-15-13-31-22(23-15)25-21(29)16-9-10-30-14(16)2/h5-10,13H,4,11-12H2,1-3H3,(H,23,25,29). The number of fused-ring (bicyclic) bond motifs is 1. The minimum atomic E-state index is -0.283. The molecule has 0 aliphatic heterocycles. The molecule has 0 fully saturated rings. The van der Waals surface area contributed by atoms with Gasteiger partial charge in [0.25, 0.3) is 5.91 Å². The van der Waals surface area contributed by atoms with Gasteiger partial charge < -0.3 is 13.9 Å². The first-order valence-corrected chi connectivity index (χ1v) is 10.8. The van der Waals surface area contributed by atoms with E-state index in [1.165, 1.54) is 17.6 Å². The highest BCUT2D eigenvalue weighted by Crippen LogP contribution is 2.20. The monoisotopic (exact) mass is 437 g/mol. The molecule has 0 unspecified atom stereocenters. The minimum Gasteiger partial charge on any atom is -0.469 e. The Kier molecular flexibility index (Phi) is 5.85. The van der Waals surface area contributed by atoms with Crippen LogP contribution in [0.15, 0.2) is 46.4 Å². The summed E-state index contributed by atoms with van der Waals surface area (Å²) in [5.74, 6) is 1.04. The number of furan rings is 1. The topological polar surface area (TPSA) is 93.3 Å². The van der Waals surface area contributed by atoms with Crippen LogP contribution in [0.3, 0.4) is 0 Å². The summed E-state index contributed by atoms with van der Waals surface area (Å²) in [5, 5.41) is 4.98. The molecule has 3 heterocycles. The van der Waals surface area contributed by atoms with Crippen LogP contribution in [0.5, 0.6) is 0 Å². The molecule has 0 spiro atoms. The van der Waals surface area contributed by atoms with Crippen LogP contribution in [0, 0.1) is 6.92 Å². The lowest BCUT2D eigenvalue weighted by Crippen LogP contribution is -2.29. The number of thiazole rings is 1. The van der Waals surface area contributed by atoms with E-state index in [1.807, 2.05) is 24.3 Å². The van der Waals surface area contributed by atoms with Crippen molar-refractivity contribution in [3.8, 4) is 0 Å². The molecule has 0 aliphatic carbocycles. The maximum absolute atomic E-state index is 12.7. The van der Waals surface area contributed by atoms with Gasteiger partial charge >= 0.3 is 0 Å². The molecule has 160 valence electrons. The van der Waals surface area contributed by atoms with Crippen molar-refractivity contribution in [2.24, 2.45) is 0 Å². The largest absolute Gasteiger partial charge is 0.469 e. The van der Waals surface area contributed by atoms with E-state index in [2.05, 4.69) is 26.8 Å². The van der Waals surface area contributed by atoms with Gasteiger partial charge in [-0.25, -0.2) is 9.97 Å². The predicted molar refractivity (Wildman–Crippen MR) is 119 cm³/mol. The number of aryl methyl sites for hydroxylation is 2. The predicted octanol–water partition coefficient (Wildman–Crippen LogP) is 3.87. The number of para-hydroxylation sites is 2. The molecular weight excluding hydrogens is 414 g/mol. The molecule has 0 bridgehead atoms. The number of likely N-dealkylation sites (N-methyl/N-ethyl adjacent to an activating group) is 1. The third kappa shape index (κ3) is 4.36. The summed E-state index contributed by atoms with van der Waals surface area (Å²) in [6, 6.07) is 9.57. The van der Waals surface area contributed by atoms with Gasteiger partial charge in [0.15, 0.2) is 5.13 Å². The molecule has 0 saturated heterocycles. The van der Waals surface area contributed by atoms with Crippen molar-refractivity contribution >= 4 is 39.3 Å². The van der Waals surface area contributed by atoms with Crippen LogP contribution in [0.4, 0.5) is 5.13 Å². The van der Waals surface area contributed by atoms with Gasteiger partial charge in [-0.3, -0.25) is 14.9 Å². The highest BCUT2D eigenvalue weighted by atomic mass is 32.1. The fraction of sp³-hybridized carbons (Fsp3) is 0.273. The van der Waals surface area contributed by atoms with E-state index in [0.29, 0.717) is 28.7 Å². The molecule has 3 aromatic heterocycles. The van der Waals surface area contributed by atoms with Crippen molar-refractivity contribution < 1.29 is 14.0 Å². The Labute approximate surface area is 183 Å². The fourth-order valence-corrected chi connectivity index (χ4v) is 4.13. The molecule has 0 atom stereocenters. The smallest absolute Gasteiger partial charge is 0.260 e. The highest BCUT2D eigenvalue weighted by molar-refractivity contribution is 7.14. The molecule has 8 nitrogen and oxygen atoms in total. The number of nitrogens with zero attached hydrogens (tertiary/aromatic N) is 4. The second kappa shape index (κ2) is 8.73. The van der Waals surface area contributed by atoms with Crippen LogP contribution >= 0.6 is 11.3 Å². The number of nitrogens with one attached hydrogen (secondary N) is 1. The van der Waals surface area contributed by atoms with Crippen LogP contribution in [-0.2, 0) is 24.3 Å². The van der Waals surface area contributed by atoms with Gasteiger partial charge in [0.05, 0.1) is 41.5 Å². The molecule has 4 aromatic rings. The molecule has 31 heavy (non-hydrogen) atoms. The van der Waals surface area contributed by atoms with E-state index in [0.717, 1.165) is 23.4 Å². The summed E-state index contributed by atoms with van der Waals surface area (Å²) in [6.45, 7) is 4.98. The minimum absolute atomic E-state index is 0.0661. The van der Waals surface area contributed by atoms with Crippen LogP contribution in [0.25, 0.3) is 11.0 Å². The van der Waals surface area contributed by atoms with Gasteiger partial charge in [-0.2, -0.15) is 0 Å². The van der Waals surface area contributed by atoms with E-state index < -0.39 is 0 Å². The average Bonchev–Trinajstić information content (AvgIpc) is 3.46. The first-order chi connectivity index (χ1) is 15.0. The number of imidazole rings is 1. The second-order valence-electron chi connectivity index (χ2n) is 7.18. The van der Waals surface area contributed by atoms with Gasteiger partial charge in [-0.05, 0) is 32.0 Å². The average molecular weight is 438 g/mol. The van der Waals surface area contributed by atoms with E-state index in [4.69, 9.17) is 4.42 Å². The van der Waals surface area contributed by atoms with E-state index >= 15 is 0 Å². The number of benzene rings is 1. The van der Waals surface area contributed by atoms with Crippen molar-refractivity contribution in [1.29, 1.82) is 0 Å². The number of anilines is 1. The van der Waals surface area contributed by atoms with Crippen molar-refractivity contribution in [3.05, 3.63) is 64.8 Å². The molecule has 0 radical (unpaired) electrons. The number of aromatic nitrogens is 3. The molecule has 1 aromatic carbocycles. The zero-order chi connectivity index (χ0) is 22.0. The van der Waals surface area contributed by atoms with Gasteiger partial charge in [-0.1, -0.05) is 12.1 Å². The Morgan fingerprint density at radius 3 is 2.77 bits per heavy atom. The summed E-state index contributed by atoms with van der Waals surface area (Å²) in [7, 11) is 1.76. The lowest BCUT2D eigenvalue weighted by molar-refractivity contribution is -0.129. The van der Waals surface area contributed by atoms with Crippen molar-refractivity contribution in [2.75, 3.05) is 12.4 Å². The molecule has 1 N–H and O–H groups in total. The lowest BCUT2D eigenvalue weighted by Gasteiger charge is -2.17. The van der Waals surface area contributed by atoms with E-state index in [9.17, 15) is 9.59 Å². The zero-order valence-corrected chi connectivity index (χ0v) is 18.4. The number of carbonyl (C=O) groups is 2. The molecular formula is C22H23N5O3S. The maximum atomic E-state index is 12.7. The summed E-state index contributed by atoms with van der Waals surface area (Å²) in [5.41, 5.74) is 3.07. The van der Waals surface area contributed by atoms with E-state index in [1.54, 1.807) is 30.3 Å². The van der Waals surface area contributed by atoms with Gasteiger partial charge in [0.2, 0.25) is 5.91 Å². The first-order valence-electron chi connectivity index (χ1n) is 9.94. The highest BCUT2D eigenvalue weighted by Gasteiger charge is 2.18. The Morgan fingerprint density at radius 2 is 2.03 bits per heavy atom. The SMILES string of the molecule is CCn1c(CN(C)C(=O)Cc2csc(NC(=O)c3ccoc3C)n2)nc2ccccc21. The van der Waals surface area contributed by atoms with Crippen LogP contribution in [0.1, 0.15) is 34.6 Å². The van der Waals surface area contributed by atoms with Crippen molar-refractivity contribution in [2.45, 2.75) is 33.4 Å². The number of carbonyl (C=O) groups excluding carboxylic acids is 2. The summed E-state index contributed by atoms with van der Waals surface area (Å²) >= 11 is 1.29. The van der Waals surface area contributed by atoms with Gasteiger partial charge in [0.1, 0.15) is 11.6 Å². The third-order valence-electron chi connectivity index (χ3n) is 5.06. The Bertz CT molecular complexity index is 1240. The molecule has 0 saturated carbocycles. The Balaban J connectivity index is 1.40. The Hall–Kier alpha value is -3.46. The number of rotatable bonds is 7. The quantitative estimate of drug-likeness (QED) is 0.474. The normalized spacial score (nSPS) is 11.1. The Morgan fingerprint density at radius 1 is 1.23 bits per heavy atom. The number of hydrogen-bond donors (Lipinski definition) is 1. The zero-order valence-electron chi connectivity index (χ0n) is 17.6. The summed E-state index contributed by atoms with van der Waals surface area (Å²) in [4.78, 5) is 35.7. The molecule has 0 aliphatic rings.